The summed E-state index contributed by atoms with van der Waals surface area (Å²) in [5.74, 6) is 0. The molecule has 1 heterocycles. The third kappa shape index (κ3) is 3.57. The molecule has 3 aromatic carbocycles. The van der Waals surface area contributed by atoms with Gasteiger partial charge in [0, 0.05) is 17.2 Å². The van der Waals surface area contributed by atoms with Gasteiger partial charge in [-0.25, -0.2) is 4.57 Å². The van der Waals surface area contributed by atoms with Crippen molar-refractivity contribution in [3.05, 3.63) is 101 Å². The van der Waals surface area contributed by atoms with Gasteiger partial charge in [-0.2, -0.15) is 0 Å². The Morgan fingerprint density at radius 1 is 0.467 bits per heavy atom. The number of pyridine rings is 1. The quantitative estimate of drug-likeness (QED) is 0.329. The standard InChI is InChI=1S/C29H30N/c1-19-11-7-9-13-24(19)26-16-28(22(4)15-21(26)3)29-17-27(23(5)18-30(29)6)25-14-10-8-12-20(25)2/h7-18H,1-6H3/q+1. The zero-order valence-corrected chi connectivity index (χ0v) is 18.9. The number of aromatic nitrogens is 1. The average molecular weight is 393 g/mol. The third-order valence-corrected chi connectivity index (χ3v) is 6.19. The number of aryl methyl sites for hydroxylation is 6. The molecule has 30 heavy (non-hydrogen) atoms. The van der Waals surface area contributed by atoms with E-state index in [1.807, 2.05) is 0 Å². The van der Waals surface area contributed by atoms with Gasteiger partial charge in [-0.3, -0.25) is 0 Å². The predicted molar refractivity (Wildman–Crippen MR) is 128 cm³/mol. The molecule has 1 aromatic heterocycles. The predicted octanol–water partition coefficient (Wildman–Crippen LogP) is 7.05. The van der Waals surface area contributed by atoms with Gasteiger partial charge in [0.1, 0.15) is 7.05 Å². The molecular weight excluding hydrogens is 362 g/mol. The molecule has 0 aliphatic rings. The Balaban J connectivity index is 1.95. The molecule has 0 radical (unpaired) electrons. The molecule has 4 rings (SSSR count). The van der Waals surface area contributed by atoms with Crippen molar-refractivity contribution >= 4 is 0 Å². The van der Waals surface area contributed by atoms with Crippen LogP contribution in [0, 0.1) is 34.6 Å². The van der Waals surface area contributed by atoms with Gasteiger partial charge in [-0.15, -0.1) is 0 Å². The van der Waals surface area contributed by atoms with E-state index in [2.05, 4.69) is 119 Å². The van der Waals surface area contributed by atoms with Crippen LogP contribution in [-0.4, -0.2) is 0 Å². The monoisotopic (exact) mass is 392 g/mol. The Kier molecular flexibility index (Phi) is 5.30. The molecular formula is C29H30N+. The van der Waals surface area contributed by atoms with Crippen molar-refractivity contribution in [2.75, 3.05) is 0 Å². The normalized spacial score (nSPS) is 11.0. The zero-order chi connectivity index (χ0) is 21.4. The van der Waals surface area contributed by atoms with E-state index in [9.17, 15) is 0 Å². The average Bonchev–Trinajstić information content (AvgIpc) is 2.70. The van der Waals surface area contributed by atoms with Gasteiger partial charge >= 0.3 is 0 Å². The van der Waals surface area contributed by atoms with Crippen LogP contribution >= 0.6 is 0 Å². The van der Waals surface area contributed by atoms with E-state index >= 15 is 0 Å². The number of rotatable bonds is 3. The van der Waals surface area contributed by atoms with Crippen molar-refractivity contribution in [2.24, 2.45) is 7.05 Å². The minimum atomic E-state index is 1.24. The van der Waals surface area contributed by atoms with Crippen molar-refractivity contribution < 1.29 is 4.57 Å². The van der Waals surface area contributed by atoms with E-state index in [0.29, 0.717) is 0 Å². The summed E-state index contributed by atoms with van der Waals surface area (Å²) < 4.78 is 2.26. The van der Waals surface area contributed by atoms with E-state index in [-0.39, 0.29) is 0 Å². The molecule has 1 heteroatoms. The summed E-state index contributed by atoms with van der Waals surface area (Å²) >= 11 is 0. The molecule has 0 N–H and O–H groups in total. The van der Waals surface area contributed by atoms with E-state index in [1.165, 1.54) is 61.3 Å². The summed E-state index contributed by atoms with van der Waals surface area (Å²) in [4.78, 5) is 0. The summed E-state index contributed by atoms with van der Waals surface area (Å²) in [7, 11) is 2.15. The first-order chi connectivity index (χ1) is 14.4. The summed E-state index contributed by atoms with van der Waals surface area (Å²) in [5, 5.41) is 0. The fourth-order valence-corrected chi connectivity index (χ4v) is 4.51. The van der Waals surface area contributed by atoms with Crippen LogP contribution in [0.25, 0.3) is 33.5 Å². The second kappa shape index (κ2) is 7.91. The maximum atomic E-state index is 2.37. The molecule has 0 saturated carbocycles. The Morgan fingerprint density at radius 2 is 0.967 bits per heavy atom. The molecule has 0 aliphatic heterocycles. The SMILES string of the molecule is Cc1ccccc1-c1cc(-c2cc(-c3ccccc3C)c(C)c[n+]2C)c(C)cc1C. The van der Waals surface area contributed by atoms with Crippen LogP contribution in [0.2, 0.25) is 0 Å². The molecule has 0 spiro atoms. The fraction of sp³-hybridized carbons (Fsp3) is 0.207. The van der Waals surface area contributed by atoms with Gasteiger partial charge in [0.15, 0.2) is 6.20 Å². The summed E-state index contributed by atoms with van der Waals surface area (Å²) in [6, 6.07) is 24.4. The zero-order valence-electron chi connectivity index (χ0n) is 18.9. The summed E-state index contributed by atoms with van der Waals surface area (Å²) in [6.45, 7) is 11.0. The first-order valence-corrected chi connectivity index (χ1v) is 10.6. The number of nitrogens with zero attached hydrogens (tertiary/aromatic N) is 1. The van der Waals surface area contributed by atoms with E-state index in [0.717, 1.165) is 0 Å². The highest BCUT2D eigenvalue weighted by Crippen LogP contribution is 2.35. The molecule has 0 atom stereocenters. The maximum Gasteiger partial charge on any atom is 0.213 e. The molecule has 0 bridgehead atoms. The number of hydrogen-bond donors (Lipinski definition) is 0. The Labute approximate surface area is 180 Å². The highest BCUT2D eigenvalue weighted by atomic mass is 14.9. The van der Waals surface area contributed by atoms with E-state index in [4.69, 9.17) is 0 Å². The van der Waals surface area contributed by atoms with Gasteiger partial charge in [-0.1, -0.05) is 54.6 Å². The van der Waals surface area contributed by atoms with Crippen molar-refractivity contribution in [1.82, 2.24) is 0 Å². The largest absolute Gasteiger partial charge is 0.213 e. The van der Waals surface area contributed by atoms with Crippen molar-refractivity contribution in [3.63, 3.8) is 0 Å². The minimum Gasteiger partial charge on any atom is -0.201 e. The number of benzene rings is 3. The topological polar surface area (TPSA) is 3.88 Å². The molecule has 4 aromatic rings. The first kappa shape index (κ1) is 20.1. The first-order valence-electron chi connectivity index (χ1n) is 10.6. The summed E-state index contributed by atoms with van der Waals surface area (Å²) in [5.41, 5.74) is 14.3. The van der Waals surface area contributed by atoms with Gasteiger partial charge in [-0.05, 0) is 85.2 Å². The smallest absolute Gasteiger partial charge is 0.201 e. The van der Waals surface area contributed by atoms with Gasteiger partial charge in [0.2, 0.25) is 5.69 Å². The second-order valence-corrected chi connectivity index (χ2v) is 8.48. The Morgan fingerprint density at radius 3 is 1.53 bits per heavy atom. The lowest BCUT2D eigenvalue weighted by atomic mass is 9.90. The lowest BCUT2D eigenvalue weighted by molar-refractivity contribution is -0.660. The van der Waals surface area contributed by atoms with Crippen LogP contribution in [0.15, 0.2) is 72.9 Å². The van der Waals surface area contributed by atoms with Gasteiger partial charge in [0.25, 0.3) is 0 Å². The molecule has 0 amide bonds. The molecule has 0 saturated heterocycles. The number of hydrogen-bond acceptors (Lipinski definition) is 0. The lowest BCUT2D eigenvalue weighted by Gasteiger charge is -2.15. The second-order valence-electron chi connectivity index (χ2n) is 8.48. The van der Waals surface area contributed by atoms with Crippen LogP contribution in [0.5, 0.6) is 0 Å². The van der Waals surface area contributed by atoms with Crippen LogP contribution in [-0.2, 0) is 7.05 Å². The Hall–Kier alpha value is -3.19. The minimum absolute atomic E-state index is 1.24. The van der Waals surface area contributed by atoms with Crippen LogP contribution in [0.4, 0.5) is 0 Å². The fourth-order valence-electron chi connectivity index (χ4n) is 4.51. The maximum absolute atomic E-state index is 2.37. The van der Waals surface area contributed by atoms with Gasteiger partial charge < -0.3 is 0 Å². The highest BCUT2D eigenvalue weighted by Gasteiger charge is 2.19. The van der Waals surface area contributed by atoms with E-state index < -0.39 is 0 Å². The van der Waals surface area contributed by atoms with Crippen molar-refractivity contribution in [2.45, 2.75) is 34.6 Å². The molecule has 0 unspecified atom stereocenters. The lowest BCUT2D eigenvalue weighted by Crippen LogP contribution is -2.31. The van der Waals surface area contributed by atoms with Crippen LogP contribution in [0.1, 0.15) is 27.8 Å². The van der Waals surface area contributed by atoms with Crippen LogP contribution < -0.4 is 4.57 Å². The molecule has 0 aliphatic carbocycles. The van der Waals surface area contributed by atoms with Crippen molar-refractivity contribution in [1.29, 1.82) is 0 Å². The van der Waals surface area contributed by atoms with Crippen LogP contribution in [0.3, 0.4) is 0 Å². The summed E-state index contributed by atoms with van der Waals surface area (Å²) in [6.07, 6.45) is 2.25. The third-order valence-electron chi connectivity index (χ3n) is 6.19. The van der Waals surface area contributed by atoms with E-state index in [1.54, 1.807) is 0 Å². The molecule has 0 fully saturated rings. The van der Waals surface area contributed by atoms with Crippen molar-refractivity contribution in [3.8, 4) is 33.5 Å². The molecule has 1 nitrogen and oxygen atoms in total. The molecule has 150 valence electrons. The Bertz CT molecular complexity index is 1150. The highest BCUT2D eigenvalue weighted by molar-refractivity contribution is 5.79. The van der Waals surface area contributed by atoms with Gasteiger partial charge in [0.05, 0.1) is 0 Å².